The van der Waals surface area contributed by atoms with Gasteiger partial charge >= 0.3 is 5.97 Å². The average molecular weight is 466 g/mol. The molecule has 0 fully saturated rings. The Morgan fingerprint density at radius 1 is 1.09 bits per heavy atom. The number of rotatable bonds is 8. The van der Waals surface area contributed by atoms with Crippen LogP contribution >= 0.6 is 11.3 Å². The lowest BCUT2D eigenvalue weighted by Gasteiger charge is -2.11. The zero-order valence-electron chi connectivity index (χ0n) is 17.5. The molecule has 0 aliphatic rings. The summed E-state index contributed by atoms with van der Waals surface area (Å²) in [6.07, 6.45) is 0. The van der Waals surface area contributed by atoms with E-state index in [1.807, 2.05) is 24.4 Å². The second-order valence-electron chi connectivity index (χ2n) is 6.68. The van der Waals surface area contributed by atoms with E-state index in [9.17, 15) is 14.0 Å². The summed E-state index contributed by atoms with van der Waals surface area (Å²) in [7, 11) is 0. The van der Waals surface area contributed by atoms with E-state index < -0.39 is 24.3 Å². The fourth-order valence-electron chi connectivity index (χ4n) is 2.96. The third-order valence-corrected chi connectivity index (χ3v) is 5.26. The summed E-state index contributed by atoms with van der Waals surface area (Å²) in [4.78, 5) is 29.9. The molecular formula is C23H19FN4O4S. The van der Waals surface area contributed by atoms with Gasteiger partial charge < -0.3 is 14.8 Å². The first-order valence-electron chi connectivity index (χ1n) is 10.0. The van der Waals surface area contributed by atoms with Crippen molar-refractivity contribution in [3.63, 3.8) is 0 Å². The number of nitrogens with one attached hydrogen (secondary N) is 1. The van der Waals surface area contributed by atoms with Crippen LogP contribution < -0.4 is 10.1 Å². The van der Waals surface area contributed by atoms with Crippen LogP contribution in [0.4, 0.5) is 10.1 Å². The number of carbonyl (C=O) groups is 2. The molecule has 33 heavy (non-hydrogen) atoms. The molecule has 0 bridgehead atoms. The molecule has 1 N–H and O–H groups in total. The maximum atomic E-state index is 13.3. The number of hydrogen-bond donors (Lipinski definition) is 1. The maximum absolute atomic E-state index is 13.3. The molecule has 4 aromatic rings. The molecule has 4 rings (SSSR count). The van der Waals surface area contributed by atoms with E-state index in [0.29, 0.717) is 29.6 Å². The number of anilines is 1. The van der Waals surface area contributed by atoms with Crippen LogP contribution in [-0.4, -0.2) is 39.9 Å². The van der Waals surface area contributed by atoms with Crippen LogP contribution in [0.5, 0.6) is 5.75 Å². The number of carbonyl (C=O) groups excluding carboxylic acids is 2. The van der Waals surface area contributed by atoms with Crippen molar-refractivity contribution in [3.8, 4) is 22.1 Å². The molecular weight excluding hydrogens is 447 g/mol. The number of aromatic nitrogens is 3. The number of thiophene rings is 1. The molecule has 2 heterocycles. The Morgan fingerprint density at radius 3 is 2.61 bits per heavy atom. The number of nitrogens with zero attached hydrogens (tertiary/aromatic N) is 3. The Labute approximate surface area is 192 Å². The summed E-state index contributed by atoms with van der Waals surface area (Å²) < 4.78 is 25.4. The van der Waals surface area contributed by atoms with Gasteiger partial charge in [0.1, 0.15) is 11.6 Å². The number of ether oxygens (including phenoxy) is 2. The van der Waals surface area contributed by atoms with Crippen molar-refractivity contribution in [2.24, 2.45) is 0 Å². The first-order valence-corrected chi connectivity index (χ1v) is 10.9. The molecule has 2 aromatic carbocycles. The molecule has 168 valence electrons. The van der Waals surface area contributed by atoms with E-state index >= 15 is 0 Å². The monoisotopic (exact) mass is 466 g/mol. The van der Waals surface area contributed by atoms with Crippen LogP contribution in [0.2, 0.25) is 0 Å². The molecule has 0 atom stereocenters. The summed E-state index contributed by atoms with van der Waals surface area (Å²) in [5, 5.41) is 8.74. The first-order chi connectivity index (χ1) is 16.0. The fourth-order valence-corrected chi connectivity index (χ4v) is 3.66. The molecule has 8 nitrogen and oxygen atoms in total. The molecule has 1 amide bonds. The number of halogens is 1. The number of para-hydroxylation sites is 2. The van der Waals surface area contributed by atoms with Crippen LogP contribution in [-0.2, 0) is 9.53 Å². The SMILES string of the molecule is CCOc1ccccc1NC(=O)COC(=O)c1nc(-c2cccs2)n(-c2ccc(F)cc2)n1. The van der Waals surface area contributed by atoms with Crippen LogP contribution in [0.3, 0.4) is 0 Å². The van der Waals surface area contributed by atoms with Gasteiger partial charge in [-0.1, -0.05) is 18.2 Å². The smallest absolute Gasteiger partial charge is 0.378 e. The van der Waals surface area contributed by atoms with Crippen LogP contribution in [0.15, 0.2) is 66.0 Å². The third kappa shape index (κ3) is 5.24. The second-order valence-corrected chi connectivity index (χ2v) is 7.63. The first kappa shape index (κ1) is 22.2. The van der Waals surface area contributed by atoms with Crippen LogP contribution in [0.1, 0.15) is 17.5 Å². The molecule has 0 saturated heterocycles. The molecule has 10 heteroatoms. The summed E-state index contributed by atoms with van der Waals surface area (Å²) in [6.45, 7) is 1.75. The van der Waals surface area contributed by atoms with Gasteiger partial charge in [0.15, 0.2) is 12.4 Å². The van der Waals surface area contributed by atoms with Gasteiger partial charge in [-0.15, -0.1) is 16.4 Å². The lowest BCUT2D eigenvalue weighted by Crippen LogP contribution is -2.21. The third-order valence-electron chi connectivity index (χ3n) is 4.40. The number of hydrogen-bond acceptors (Lipinski definition) is 7. The lowest BCUT2D eigenvalue weighted by molar-refractivity contribution is -0.119. The molecule has 2 aromatic heterocycles. The highest BCUT2D eigenvalue weighted by Gasteiger charge is 2.21. The van der Waals surface area contributed by atoms with E-state index in [2.05, 4.69) is 15.4 Å². The normalized spacial score (nSPS) is 10.6. The molecule has 0 aliphatic heterocycles. The van der Waals surface area contributed by atoms with E-state index in [1.165, 1.54) is 40.3 Å². The van der Waals surface area contributed by atoms with Gasteiger partial charge in [0.2, 0.25) is 0 Å². The lowest BCUT2D eigenvalue weighted by atomic mass is 10.3. The molecule has 0 aliphatic carbocycles. The minimum absolute atomic E-state index is 0.217. The largest absolute Gasteiger partial charge is 0.492 e. The highest BCUT2D eigenvalue weighted by molar-refractivity contribution is 7.13. The number of benzene rings is 2. The van der Waals surface area contributed by atoms with Crippen molar-refractivity contribution in [2.75, 3.05) is 18.5 Å². The van der Waals surface area contributed by atoms with Gasteiger partial charge in [0.05, 0.1) is 22.9 Å². The Kier molecular flexibility index (Phi) is 6.75. The van der Waals surface area contributed by atoms with Crippen molar-refractivity contribution in [1.82, 2.24) is 14.8 Å². The summed E-state index contributed by atoms with van der Waals surface area (Å²) in [5.74, 6) is -1.09. The number of esters is 1. The molecule has 0 saturated carbocycles. The zero-order chi connectivity index (χ0) is 23.2. The summed E-state index contributed by atoms with van der Waals surface area (Å²) >= 11 is 1.41. The van der Waals surface area contributed by atoms with Gasteiger partial charge in [-0.05, 0) is 54.8 Å². The topological polar surface area (TPSA) is 95.3 Å². The van der Waals surface area contributed by atoms with Crippen LogP contribution in [0, 0.1) is 5.82 Å². The van der Waals surface area contributed by atoms with Crippen molar-refractivity contribution in [1.29, 1.82) is 0 Å². The van der Waals surface area contributed by atoms with Gasteiger partial charge in [0.25, 0.3) is 11.7 Å². The molecule has 0 spiro atoms. The predicted molar refractivity (Wildman–Crippen MR) is 121 cm³/mol. The maximum Gasteiger partial charge on any atom is 0.378 e. The summed E-state index contributed by atoms with van der Waals surface area (Å²) in [6, 6.07) is 16.2. The highest BCUT2D eigenvalue weighted by Crippen LogP contribution is 2.26. The van der Waals surface area contributed by atoms with E-state index in [0.717, 1.165) is 4.88 Å². The number of amides is 1. The standard InChI is InChI=1S/C23H19FN4O4S/c1-2-31-18-7-4-3-6-17(18)25-20(29)14-32-23(30)21-26-22(19-8-5-13-33-19)28(27-21)16-11-9-15(24)10-12-16/h3-13H,2,14H2,1H3,(H,25,29). The molecule has 0 radical (unpaired) electrons. The zero-order valence-corrected chi connectivity index (χ0v) is 18.3. The minimum Gasteiger partial charge on any atom is -0.492 e. The van der Waals surface area contributed by atoms with E-state index in [1.54, 1.807) is 24.3 Å². The fraction of sp³-hybridized carbons (Fsp3) is 0.130. The van der Waals surface area contributed by atoms with Crippen molar-refractivity contribution < 1.29 is 23.5 Å². The van der Waals surface area contributed by atoms with Crippen LogP contribution in [0.25, 0.3) is 16.4 Å². The highest BCUT2D eigenvalue weighted by atomic mass is 32.1. The summed E-state index contributed by atoms with van der Waals surface area (Å²) in [5.41, 5.74) is 0.996. The minimum atomic E-state index is -0.859. The van der Waals surface area contributed by atoms with Crippen molar-refractivity contribution in [3.05, 3.63) is 77.7 Å². The Morgan fingerprint density at radius 2 is 1.88 bits per heavy atom. The van der Waals surface area contributed by atoms with Crippen molar-refractivity contribution >= 4 is 28.9 Å². The van der Waals surface area contributed by atoms with E-state index in [-0.39, 0.29) is 5.82 Å². The van der Waals surface area contributed by atoms with Gasteiger partial charge in [-0.25, -0.2) is 13.9 Å². The Bertz CT molecular complexity index is 1260. The van der Waals surface area contributed by atoms with Crippen molar-refractivity contribution in [2.45, 2.75) is 6.92 Å². The Balaban J connectivity index is 1.49. The predicted octanol–water partition coefficient (Wildman–Crippen LogP) is 4.33. The molecule has 0 unspecified atom stereocenters. The van der Waals surface area contributed by atoms with E-state index in [4.69, 9.17) is 9.47 Å². The average Bonchev–Trinajstić information content (AvgIpc) is 3.50. The quantitative estimate of drug-likeness (QED) is 0.389. The van der Waals surface area contributed by atoms with Gasteiger partial charge in [-0.3, -0.25) is 4.79 Å². The van der Waals surface area contributed by atoms with Gasteiger partial charge in [0, 0.05) is 0 Å². The second kappa shape index (κ2) is 10.0. The Hall–Kier alpha value is -4.05. The van der Waals surface area contributed by atoms with Gasteiger partial charge in [-0.2, -0.15) is 4.98 Å².